The minimum absolute atomic E-state index is 0.0375. The number of allylic oxidation sites excluding steroid dienone is 1. The van der Waals surface area contributed by atoms with E-state index in [4.69, 9.17) is 37.4 Å². The minimum atomic E-state index is -0.513. The number of rotatable bonds is 4. The van der Waals surface area contributed by atoms with Crippen LogP contribution in [0.1, 0.15) is 56.0 Å². The van der Waals surface area contributed by atoms with Gasteiger partial charge in [0.05, 0.1) is 16.5 Å². The maximum absolute atomic E-state index is 13.0. The molecule has 2 aromatic carbocycles. The van der Waals surface area contributed by atoms with Crippen LogP contribution >= 0.6 is 23.2 Å². The van der Waals surface area contributed by atoms with Gasteiger partial charge >= 0.3 is 5.97 Å². The quantitative estimate of drug-likeness (QED) is 0.459. The van der Waals surface area contributed by atoms with Crippen LogP contribution in [0.3, 0.4) is 0 Å². The van der Waals surface area contributed by atoms with Gasteiger partial charge in [-0.25, -0.2) is 4.79 Å². The van der Waals surface area contributed by atoms with Gasteiger partial charge in [0.1, 0.15) is 24.2 Å². The molecule has 2 aromatic rings. The third kappa shape index (κ3) is 5.36. The lowest BCUT2D eigenvalue weighted by Crippen LogP contribution is -2.43. The first kappa shape index (κ1) is 23.7. The molecule has 0 N–H and O–H groups in total. The van der Waals surface area contributed by atoms with Gasteiger partial charge in [0, 0.05) is 11.4 Å². The molecule has 5 nitrogen and oxygen atoms in total. The van der Waals surface area contributed by atoms with Crippen molar-refractivity contribution in [1.82, 2.24) is 0 Å². The van der Waals surface area contributed by atoms with Crippen LogP contribution < -0.4 is 4.74 Å². The van der Waals surface area contributed by atoms with Crippen LogP contribution in [0.4, 0.5) is 0 Å². The van der Waals surface area contributed by atoms with Crippen molar-refractivity contribution in [3.63, 3.8) is 0 Å². The SMILES string of the molecule is CC(C)(C)c1ccc(OC2=COC3CC(OC(=O)c4ccc(Cl)cc4Cl)CCC3C2=O)cc1. The summed E-state index contributed by atoms with van der Waals surface area (Å²) in [5.74, 6) is -0.139. The van der Waals surface area contributed by atoms with Crippen molar-refractivity contribution in [1.29, 1.82) is 0 Å². The summed E-state index contributed by atoms with van der Waals surface area (Å²) in [7, 11) is 0. The van der Waals surface area contributed by atoms with E-state index in [2.05, 4.69) is 20.8 Å². The van der Waals surface area contributed by atoms with Gasteiger partial charge in [0.15, 0.2) is 0 Å². The molecule has 1 aliphatic heterocycles. The molecular weight excluding hydrogens is 463 g/mol. The van der Waals surface area contributed by atoms with Gasteiger partial charge in [-0.2, -0.15) is 0 Å². The maximum atomic E-state index is 13.0. The molecule has 174 valence electrons. The molecule has 4 rings (SSSR count). The molecule has 1 aliphatic carbocycles. The molecule has 1 fully saturated rings. The third-order valence-corrected chi connectivity index (χ3v) is 6.59. The van der Waals surface area contributed by atoms with Crippen LogP contribution in [0.5, 0.6) is 5.75 Å². The summed E-state index contributed by atoms with van der Waals surface area (Å²) in [6.45, 7) is 6.42. The standard InChI is InChI=1S/C26H26Cl2O5/c1-26(2,3)15-4-7-17(8-5-15)32-23-14-31-22-13-18(9-11-20(22)24(23)29)33-25(30)19-10-6-16(27)12-21(19)28/h4-8,10,12,14,18,20,22H,9,11,13H2,1-3H3. The number of benzene rings is 2. The number of halogens is 2. The topological polar surface area (TPSA) is 61.8 Å². The van der Waals surface area contributed by atoms with E-state index in [9.17, 15) is 9.59 Å². The molecule has 0 spiro atoms. The van der Waals surface area contributed by atoms with Gasteiger partial charge in [0.2, 0.25) is 11.5 Å². The average Bonchev–Trinajstić information content (AvgIpc) is 2.75. The van der Waals surface area contributed by atoms with Gasteiger partial charge in [0.25, 0.3) is 0 Å². The van der Waals surface area contributed by atoms with Gasteiger partial charge < -0.3 is 14.2 Å². The molecule has 7 heteroatoms. The maximum Gasteiger partial charge on any atom is 0.339 e. The third-order valence-electron chi connectivity index (χ3n) is 6.05. The van der Waals surface area contributed by atoms with Gasteiger partial charge in [-0.15, -0.1) is 0 Å². The number of hydrogen-bond donors (Lipinski definition) is 0. The molecule has 0 radical (unpaired) electrons. The van der Waals surface area contributed by atoms with Crippen molar-refractivity contribution in [3.8, 4) is 5.75 Å². The van der Waals surface area contributed by atoms with Crippen LogP contribution in [0, 0.1) is 5.92 Å². The second-order valence-corrected chi connectivity index (χ2v) is 10.3. The second kappa shape index (κ2) is 9.40. The molecule has 0 bridgehead atoms. The minimum Gasteiger partial charge on any atom is -0.493 e. The highest BCUT2D eigenvalue weighted by Crippen LogP contribution is 2.36. The van der Waals surface area contributed by atoms with E-state index in [0.29, 0.717) is 30.0 Å². The lowest BCUT2D eigenvalue weighted by Gasteiger charge is -2.36. The first-order chi connectivity index (χ1) is 15.6. The first-order valence-corrected chi connectivity index (χ1v) is 11.7. The van der Waals surface area contributed by atoms with E-state index in [1.165, 1.54) is 17.9 Å². The van der Waals surface area contributed by atoms with Crippen molar-refractivity contribution in [2.24, 2.45) is 5.92 Å². The zero-order valence-corrected chi connectivity index (χ0v) is 20.3. The van der Waals surface area contributed by atoms with E-state index in [0.717, 1.165) is 0 Å². The van der Waals surface area contributed by atoms with Crippen LogP contribution in [0.25, 0.3) is 0 Å². The molecule has 1 saturated carbocycles. The summed E-state index contributed by atoms with van der Waals surface area (Å²) in [5.41, 5.74) is 1.48. The molecule has 3 unspecified atom stereocenters. The number of ether oxygens (including phenoxy) is 3. The highest BCUT2D eigenvalue weighted by Gasteiger charge is 2.42. The summed E-state index contributed by atoms with van der Waals surface area (Å²) >= 11 is 12.0. The molecule has 1 heterocycles. The number of Topliss-reactive ketones (excluding diaryl/α,β-unsaturated/α-hetero) is 1. The Labute approximate surface area is 203 Å². The van der Waals surface area contributed by atoms with Crippen LogP contribution in [0.15, 0.2) is 54.5 Å². The van der Waals surface area contributed by atoms with Crippen molar-refractivity contribution in [2.75, 3.05) is 0 Å². The number of hydrogen-bond acceptors (Lipinski definition) is 5. The molecule has 3 atom stereocenters. The van der Waals surface area contributed by atoms with E-state index in [-0.39, 0.29) is 45.7 Å². The Bertz CT molecular complexity index is 1080. The fourth-order valence-corrected chi connectivity index (χ4v) is 4.62. The lowest BCUT2D eigenvalue weighted by atomic mass is 9.80. The van der Waals surface area contributed by atoms with Crippen LogP contribution in [-0.2, 0) is 19.7 Å². The lowest BCUT2D eigenvalue weighted by molar-refractivity contribution is -0.132. The van der Waals surface area contributed by atoms with E-state index in [1.807, 2.05) is 24.3 Å². The molecule has 0 saturated heterocycles. The molecular formula is C26H26Cl2O5. The smallest absolute Gasteiger partial charge is 0.339 e. The summed E-state index contributed by atoms with van der Waals surface area (Å²) < 4.78 is 17.3. The average molecular weight is 489 g/mol. The highest BCUT2D eigenvalue weighted by molar-refractivity contribution is 6.36. The second-order valence-electron chi connectivity index (χ2n) is 9.47. The normalized spacial score (nSPS) is 22.6. The number of carbonyl (C=O) groups excluding carboxylic acids is 2. The number of carbonyl (C=O) groups is 2. The van der Waals surface area contributed by atoms with E-state index >= 15 is 0 Å². The predicted molar refractivity (Wildman–Crippen MR) is 127 cm³/mol. The van der Waals surface area contributed by atoms with Crippen molar-refractivity contribution < 1.29 is 23.8 Å². The Kier molecular flexibility index (Phi) is 6.73. The Hall–Kier alpha value is -2.50. The molecule has 2 aliphatic rings. The van der Waals surface area contributed by atoms with Gasteiger partial charge in [-0.1, -0.05) is 56.1 Å². The van der Waals surface area contributed by atoms with Crippen molar-refractivity contribution >= 4 is 35.0 Å². The summed E-state index contributed by atoms with van der Waals surface area (Å²) in [6.07, 6.45) is 2.18. The summed E-state index contributed by atoms with van der Waals surface area (Å²) in [4.78, 5) is 25.5. The van der Waals surface area contributed by atoms with Crippen molar-refractivity contribution in [2.45, 2.75) is 57.7 Å². The Morgan fingerprint density at radius 3 is 2.45 bits per heavy atom. The monoisotopic (exact) mass is 488 g/mol. The molecule has 0 amide bonds. The molecule has 0 aromatic heterocycles. The predicted octanol–water partition coefficient (Wildman–Crippen LogP) is 6.50. The Morgan fingerprint density at radius 2 is 1.79 bits per heavy atom. The fraction of sp³-hybridized carbons (Fsp3) is 0.385. The number of esters is 1. The first-order valence-electron chi connectivity index (χ1n) is 11.0. The Balaban J connectivity index is 1.38. The van der Waals surface area contributed by atoms with Crippen LogP contribution in [-0.4, -0.2) is 24.0 Å². The number of ketones is 1. The van der Waals surface area contributed by atoms with E-state index in [1.54, 1.807) is 12.1 Å². The highest BCUT2D eigenvalue weighted by atomic mass is 35.5. The summed E-state index contributed by atoms with van der Waals surface area (Å²) in [5, 5.41) is 0.687. The van der Waals surface area contributed by atoms with Crippen LogP contribution in [0.2, 0.25) is 10.0 Å². The summed E-state index contributed by atoms with van der Waals surface area (Å²) in [6, 6.07) is 12.4. The van der Waals surface area contributed by atoms with Crippen molar-refractivity contribution in [3.05, 3.63) is 75.7 Å². The van der Waals surface area contributed by atoms with E-state index < -0.39 is 5.97 Å². The van der Waals surface area contributed by atoms with Gasteiger partial charge in [-0.05, 0) is 54.2 Å². The largest absolute Gasteiger partial charge is 0.493 e. The Morgan fingerprint density at radius 1 is 1.06 bits per heavy atom. The zero-order chi connectivity index (χ0) is 23.8. The fourth-order valence-electron chi connectivity index (χ4n) is 4.13. The molecule has 33 heavy (non-hydrogen) atoms. The van der Waals surface area contributed by atoms with Gasteiger partial charge in [-0.3, -0.25) is 4.79 Å². The number of fused-ring (bicyclic) bond motifs is 1. The zero-order valence-electron chi connectivity index (χ0n) is 18.8.